The summed E-state index contributed by atoms with van der Waals surface area (Å²) < 4.78 is 11.2. The zero-order valence-corrected chi connectivity index (χ0v) is 13.9. The molecule has 122 valence electrons. The molecule has 2 fully saturated rings. The van der Waals surface area contributed by atoms with E-state index in [0.29, 0.717) is 6.10 Å². The van der Waals surface area contributed by atoms with Gasteiger partial charge in [-0.15, -0.1) is 0 Å². The van der Waals surface area contributed by atoms with Crippen LogP contribution in [0.5, 0.6) is 0 Å². The Balaban J connectivity index is 1.47. The average molecular weight is 304 g/mol. The number of hydrogen-bond acceptors (Lipinski definition) is 4. The fourth-order valence-corrected chi connectivity index (χ4v) is 3.32. The molecule has 4 heteroatoms. The Bertz CT molecular complexity index is 478. The van der Waals surface area contributed by atoms with Crippen LogP contribution >= 0.6 is 0 Å². The fourth-order valence-electron chi connectivity index (χ4n) is 3.32. The van der Waals surface area contributed by atoms with Crippen molar-refractivity contribution in [3.8, 4) is 0 Å². The highest BCUT2D eigenvalue weighted by molar-refractivity contribution is 5.56. The standard InChI is InChI=1S/C18H28N2O2/c1-15-4-3-5-18(16(15)2)20-10-8-19(9-11-20)7-6-17-14-21-12-13-22-17/h3-5,17H,6-14H2,1-2H3. The van der Waals surface area contributed by atoms with Crippen LogP contribution in [0, 0.1) is 13.8 Å². The fraction of sp³-hybridized carbons (Fsp3) is 0.667. The molecule has 0 aliphatic carbocycles. The van der Waals surface area contributed by atoms with Gasteiger partial charge in [0.15, 0.2) is 0 Å². The molecule has 2 aliphatic rings. The lowest BCUT2D eigenvalue weighted by molar-refractivity contribution is -0.0927. The van der Waals surface area contributed by atoms with E-state index in [-0.39, 0.29) is 0 Å². The van der Waals surface area contributed by atoms with Crippen molar-refractivity contribution in [2.75, 3.05) is 57.4 Å². The molecule has 1 atom stereocenters. The SMILES string of the molecule is Cc1cccc(N2CCN(CCC3COCCO3)CC2)c1C. The van der Waals surface area contributed by atoms with E-state index in [9.17, 15) is 0 Å². The Morgan fingerprint density at radius 1 is 1.09 bits per heavy atom. The van der Waals surface area contributed by atoms with Crippen molar-refractivity contribution in [2.45, 2.75) is 26.4 Å². The molecule has 1 unspecified atom stereocenters. The number of benzene rings is 1. The van der Waals surface area contributed by atoms with E-state index in [1.807, 2.05) is 0 Å². The molecule has 0 amide bonds. The topological polar surface area (TPSA) is 24.9 Å². The molecule has 0 aromatic heterocycles. The first-order chi connectivity index (χ1) is 10.7. The van der Waals surface area contributed by atoms with Crippen molar-refractivity contribution in [3.05, 3.63) is 29.3 Å². The smallest absolute Gasteiger partial charge is 0.0821 e. The van der Waals surface area contributed by atoms with E-state index in [4.69, 9.17) is 9.47 Å². The summed E-state index contributed by atoms with van der Waals surface area (Å²) in [6.45, 7) is 12.3. The van der Waals surface area contributed by atoms with Crippen molar-refractivity contribution in [1.82, 2.24) is 4.90 Å². The van der Waals surface area contributed by atoms with Crippen molar-refractivity contribution >= 4 is 5.69 Å². The van der Waals surface area contributed by atoms with Gasteiger partial charge in [-0.3, -0.25) is 4.90 Å². The molecule has 3 rings (SSSR count). The van der Waals surface area contributed by atoms with Crippen LogP contribution in [0.4, 0.5) is 5.69 Å². The van der Waals surface area contributed by atoms with Crippen molar-refractivity contribution < 1.29 is 9.47 Å². The van der Waals surface area contributed by atoms with Gasteiger partial charge in [0.05, 0.1) is 25.9 Å². The van der Waals surface area contributed by atoms with Crippen LogP contribution < -0.4 is 4.90 Å². The molecule has 2 aliphatic heterocycles. The quantitative estimate of drug-likeness (QED) is 0.852. The monoisotopic (exact) mass is 304 g/mol. The third kappa shape index (κ3) is 3.80. The van der Waals surface area contributed by atoms with Crippen LogP contribution in [0.3, 0.4) is 0 Å². The summed E-state index contributed by atoms with van der Waals surface area (Å²) in [5.74, 6) is 0. The Labute approximate surface area is 134 Å². The van der Waals surface area contributed by atoms with Crippen molar-refractivity contribution in [1.29, 1.82) is 0 Å². The Hall–Kier alpha value is -1.10. The van der Waals surface area contributed by atoms with E-state index in [1.165, 1.54) is 16.8 Å². The van der Waals surface area contributed by atoms with Crippen molar-refractivity contribution in [3.63, 3.8) is 0 Å². The van der Waals surface area contributed by atoms with Crippen LogP contribution in [0.25, 0.3) is 0 Å². The van der Waals surface area contributed by atoms with Gasteiger partial charge in [0.25, 0.3) is 0 Å². The van der Waals surface area contributed by atoms with Gasteiger partial charge in [0.1, 0.15) is 0 Å². The summed E-state index contributed by atoms with van der Waals surface area (Å²) in [5, 5.41) is 0. The molecule has 4 nitrogen and oxygen atoms in total. The maximum absolute atomic E-state index is 5.73. The molecule has 0 saturated carbocycles. The molecule has 0 bridgehead atoms. The number of ether oxygens (including phenoxy) is 2. The lowest BCUT2D eigenvalue weighted by atomic mass is 10.1. The molecular weight excluding hydrogens is 276 g/mol. The number of nitrogens with zero attached hydrogens (tertiary/aromatic N) is 2. The van der Waals surface area contributed by atoms with E-state index >= 15 is 0 Å². The van der Waals surface area contributed by atoms with E-state index < -0.39 is 0 Å². The largest absolute Gasteiger partial charge is 0.376 e. The summed E-state index contributed by atoms with van der Waals surface area (Å²) in [4.78, 5) is 5.08. The van der Waals surface area contributed by atoms with Gasteiger partial charge in [-0.2, -0.15) is 0 Å². The lowest BCUT2D eigenvalue weighted by Crippen LogP contribution is -2.47. The summed E-state index contributed by atoms with van der Waals surface area (Å²) in [7, 11) is 0. The van der Waals surface area contributed by atoms with Crippen LogP contribution in [-0.4, -0.2) is 63.5 Å². The maximum Gasteiger partial charge on any atom is 0.0821 e. The minimum absolute atomic E-state index is 0.297. The third-order valence-electron chi connectivity index (χ3n) is 4.94. The molecule has 2 saturated heterocycles. The summed E-state index contributed by atoms with van der Waals surface area (Å²) >= 11 is 0. The molecule has 1 aromatic carbocycles. The second-order valence-corrected chi connectivity index (χ2v) is 6.40. The number of rotatable bonds is 4. The highest BCUT2D eigenvalue weighted by Gasteiger charge is 2.20. The molecule has 22 heavy (non-hydrogen) atoms. The van der Waals surface area contributed by atoms with Gasteiger partial charge in [0, 0.05) is 38.4 Å². The molecule has 1 aromatic rings. The zero-order chi connectivity index (χ0) is 15.4. The first-order valence-electron chi connectivity index (χ1n) is 8.47. The van der Waals surface area contributed by atoms with Crippen LogP contribution in [0.2, 0.25) is 0 Å². The highest BCUT2D eigenvalue weighted by Crippen LogP contribution is 2.24. The van der Waals surface area contributed by atoms with Crippen LogP contribution in [-0.2, 0) is 9.47 Å². The van der Waals surface area contributed by atoms with E-state index in [1.54, 1.807) is 0 Å². The van der Waals surface area contributed by atoms with Gasteiger partial charge in [0.2, 0.25) is 0 Å². The van der Waals surface area contributed by atoms with Crippen LogP contribution in [0.1, 0.15) is 17.5 Å². The van der Waals surface area contributed by atoms with Crippen LogP contribution in [0.15, 0.2) is 18.2 Å². The molecule has 0 N–H and O–H groups in total. The minimum atomic E-state index is 0.297. The average Bonchev–Trinajstić information content (AvgIpc) is 2.57. The van der Waals surface area contributed by atoms with E-state index in [0.717, 1.165) is 59.0 Å². The first kappa shape index (κ1) is 15.8. The normalized spacial score (nSPS) is 23.7. The van der Waals surface area contributed by atoms with Gasteiger partial charge >= 0.3 is 0 Å². The summed E-state index contributed by atoms with van der Waals surface area (Å²) in [5.41, 5.74) is 4.21. The van der Waals surface area contributed by atoms with Gasteiger partial charge in [-0.05, 0) is 37.5 Å². The number of hydrogen-bond donors (Lipinski definition) is 0. The zero-order valence-electron chi connectivity index (χ0n) is 13.9. The summed E-state index contributed by atoms with van der Waals surface area (Å²) in [6, 6.07) is 6.62. The Morgan fingerprint density at radius 2 is 1.91 bits per heavy atom. The minimum Gasteiger partial charge on any atom is -0.376 e. The predicted octanol–water partition coefficient (Wildman–Crippen LogP) is 2.23. The van der Waals surface area contributed by atoms with Gasteiger partial charge in [-0.1, -0.05) is 12.1 Å². The Kier molecular flexibility index (Phi) is 5.34. The second kappa shape index (κ2) is 7.44. The van der Waals surface area contributed by atoms with E-state index in [2.05, 4.69) is 41.8 Å². The summed E-state index contributed by atoms with van der Waals surface area (Å²) in [6.07, 6.45) is 1.38. The Morgan fingerprint density at radius 3 is 2.64 bits per heavy atom. The molecule has 0 spiro atoms. The van der Waals surface area contributed by atoms with Gasteiger partial charge < -0.3 is 14.4 Å². The number of anilines is 1. The number of aryl methyl sites for hydroxylation is 1. The third-order valence-corrected chi connectivity index (χ3v) is 4.94. The highest BCUT2D eigenvalue weighted by atomic mass is 16.6. The second-order valence-electron chi connectivity index (χ2n) is 6.40. The first-order valence-corrected chi connectivity index (χ1v) is 8.47. The molecular formula is C18H28N2O2. The van der Waals surface area contributed by atoms with Crippen molar-refractivity contribution in [2.24, 2.45) is 0 Å². The number of piperazine rings is 1. The predicted molar refractivity (Wildman–Crippen MR) is 89.7 cm³/mol. The molecule has 2 heterocycles. The maximum atomic E-state index is 5.73. The lowest BCUT2D eigenvalue weighted by Gasteiger charge is -2.37. The van der Waals surface area contributed by atoms with Gasteiger partial charge in [-0.25, -0.2) is 0 Å². The molecule has 0 radical (unpaired) electrons.